The lowest BCUT2D eigenvalue weighted by atomic mass is 9.93. The smallest absolute Gasteiger partial charge is 0.219 e. The van der Waals surface area contributed by atoms with Crippen LogP contribution in [0.1, 0.15) is 5.56 Å². The first kappa shape index (κ1) is 14.9. The minimum absolute atomic E-state index is 0.0417. The molecule has 0 saturated heterocycles. The number of ether oxygens (including phenoxy) is 1. The summed E-state index contributed by atoms with van der Waals surface area (Å²) in [7, 11) is 0. The van der Waals surface area contributed by atoms with Gasteiger partial charge in [-0.05, 0) is 28.1 Å². The van der Waals surface area contributed by atoms with Gasteiger partial charge < -0.3 is 10.5 Å². The van der Waals surface area contributed by atoms with Crippen LogP contribution in [0.3, 0.4) is 0 Å². The molecule has 0 amide bonds. The second kappa shape index (κ2) is 5.50. The second-order valence-electron chi connectivity index (χ2n) is 4.03. The second-order valence-corrected chi connectivity index (χ2v) is 5.58. The fraction of sp³-hybridized carbons (Fsp3) is 0.0714. The molecule has 0 aliphatic carbocycles. The Kier molecular flexibility index (Phi) is 3.91. The SMILES string of the molecule is N#CC(C#N)=C1C(C#N)=C(N)OC1(Br)c1ccc(Cl)cc1. The summed E-state index contributed by atoms with van der Waals surface area (Å²) in [5.74, 6) is -0.151. The molecular formula is C14H6BrClN4O. The molecule has 0 bridgehead atoms. The maximum Gasteiger partial charge on any atom is 0.219 e. The molecule has 7 heteroatoms. The van der Waals surface area contributed by atoms with Crippen molar-refractivity contribution >= 4 is 27.5 Å². The Hall–Kier alpha value is -2.46. The lowest BCUT2D eigenvalue weighted by molar-refractivity contribution is 0.140. The van der Waals surface area contributed by atoms with Crippen LogP contribution in [-0.2, 0) is 9.25 Å². The van der Waals surface area contributed by atoms with Gasteiger partial charge in [0.25, 0.3) is 0 Å². The van der Waals surface area contributed by atoms with Crippen molar-refractivity contribution in [2.75, 3.05) is 0 Å². The maximum atomic E-state index is 9.21. The van der Waals surface area contributed by atoms with E-state index in [1.165, 1.54) is 0 Å². The molecule has 1 aliphatic heterocycles. The third-order valence-electron chi connectivity index (χ3n) is 2.87. The van der Waals surface area contributed by atoms with E-state index in [0.717, 1.165) is 0 Å². The van der Waals surface area contributed by atoms with Crippen molar-refractivity contribution in [1.29, 1.82) is 15.8 Å². The van der Waals surface area contributed by atoms with Crippen molar-refractivity contribution in [3.63, 3.8) is 0 Å². The van der Waals surface area contributed by atoms with Crippen LogP contribution in [0, 0.1) is 34.0 Å². The Bertz CT molecular complexity index is 776. The molecular weight excluding hydrogens is 356 g/mol. The van der Waals surface area contributed by atoms with Gasteiger partial charge in [0.2, 0.25) is 10.4 Å². The number of nitrogens with zero attached hydrogens (tertiary/aromatic N) is 3. The molecule has 1 aromatic rings. The molecule has 102 valence electrons. The monoisotopic (exact) mass is 360 g/mol. The van der Waals surface area contributed by atoms with Crippen LogP contribution >= 0.6 is 27.5 Å². The Morgan fingerprint density at radius 1 is 1.19 bits per heavy atom. The van der Waals surface area contributed by atoms with E-state index >= 15 is 0 Å². The lowest BCUT2D eigenvalue weighted by Gasteiger charge is -2.24. The molecule has 5 nitrogen and oxygen atoms in total. The zero-order valence-corrected chi connectivity index (χ0v) is 12.7. The van der Waals surface area contributed by atoms with Gasteiger partial charge in [0.05, 0.1) is 5.57 Å². The minimum atomic E-state index is -1.37. The zero-order chi connectivity index (χ0) is 15.6. The molecule has 1 unspecified atom stereocenters. The predicted octanol–water partition coefficient (Wildman–Crippen LogP) is 2.96. The van der Waals surface area contributed by atoms with Crippen LogP contribution in [-0.4, -0.2) is 0 Å². The van der Waals surface area contributed by atoms with Gasteiger partial charge in [-0.3, -0.25) is 0 Å². The van der Waals surface area contributed by atoms with Crippen LogP contribution in [0.25, 0.3) is 0 Å². The van der Waals surface area contributed by atoms with E-state index < -0.39 is 4.51 Å². The van der Waals surface area contributed by atoms with Crippen molar-refractivity contribution in [3.8, 4) is 18.2 Å². The summed E-state index contributed by atoms with van der Waals surface area (Å²) in [6.07, 6.45) is 0. The molecule has 21 heavy (non-hydrogen) atoms. The fourth-order valence-electron chi connectivity index (χ4n) is 1.94. The van der Waals surface area contributed by atoms with E-state index in [0.29, 0.717) is 10.6 Å². The first-order chi connectivity index (χ1) is 9.97. The first-order valence-corrected chi connectivity index (χ1v) is 6.74. The van der Waals surface area contributed by atoms with Crippen molar-refractivity contribution < 1.29 is 4.74 Å². The molecule has 0 radical (unpaired) electrons. The minimum Gasteiger partial charge on any atom is -0.451 e. The van der Waals surface area contributed by atoms with Gasteiger partial charge >= 0.3 is 0 Å². The summed E-state index contributed by atoms with van der Waals surface area (Å²) in [5.41, 5.74) is 6.05. The van der Waals surface area contributed by atoms with E-state index in [4.69, 9.17) is 32.6 Å². The number of allylic oxidation sites excluding steroid dienone is 1. The highest BCUT2D eigenvalue weighted by Gasteiger charge is 2.47. The quantitative estimate of drug-likeness (QED) is 0.611. The average molecular weight is 362 g/mol. The summed E-state index contributed by atoms with van der Waals surface area (Å²) in [5, 5.41) is 27.9. The highest BCUT2D eigenvalue weighted by Crippen LogP contribution is 2.50. The van der Waals surface area contributed by atoms with Gasteiger partial charge in [-0.2, -0.15) is 15.8 Å². The van der Waals surface area contributed by atoms with Gasteiger partial charge in [0.1, 0.15) is 29.4 Å². The lowest BCUT2D eigenvalue weighted by Crippen LogP contribution is -2.22. The number of alkyl halides is 1. The van der Waals surface area contributed by atoms with Crippen LogP contribution in [0.2, 0.25) is 5.02 Å². The van der Waals surface area contributed by atoms with E-state index in [1.807, 2.05) is 6.07 Å². The van der Waals surface area contributed by atoms with Gasteiger partial charge in [-0.25, -0.2) is 0 Å². The number of rotatable bonds is 1. The number of nitriles is 3. The molecule has 1 aromatic carbocycles. The number of halogens is 2. The molecule has 0 saturated carbocycles. The maximum absolute atomic E-state index is 9.21. The van der Waals surface area contributed by atoms with E-state index in [9.17, 15) is 5.26 Å². The summed E-state index contributed by atoms with van der Waals surface area (Å²) < 4.78 is 4.16. The average Bonchev–Trinajstić information content (AvgIpc) is 2.73. The molecule has 1 heterocycles. The van der Waals surface area contributed by atoms with Crippen LogP contribution < -0.4 is 5.73 Å². The number of hydrogen-bond acceptors (Lipinski definition) is 5. The van der Waals surface area contributed by atoms with Gasteiger partial charge in [0, 0.05) is 10.6 Å². The molecule has 2 rings (SSSR count). The molecule has 1 atom stereocenters. The number of hydrogen-bond donors (Lipinski definition) is 1. The van der Waals surface area contributed by atoms with Crippen molar-refractivity contribution in [3.05, 3.63) is 57.5 Å². The highest BCUT2D eigenvalue weighted by atomic mass is 79.9. The van der Waals surface area contributed by atoms with Crippen LogP contribution in [0.5, 0.6) is 0 Å². The highest BCUT2D eigenvalue weighted by molar-refractivity contribution is 9.09. The van der Waals surface area contributed by atoms with Gasteiger partial charge in [-0.15, -0.1) is 0 Å². The van der Waals surface area contributed by atoms with Crippen molar-refractivity contribution in [1.82, 2.24) is 0 Å². The zero-order valence-electron chi connectivity index (χ0n) is 10.4. The Morgan fingerprint density at radius 2 is 1.76 bits per heavy atom. The molecule has 2 N–H and O–H groups in total. The summed E-state index contributed by atoms with van der Waals surface area (Å²) in [4.78, 5) is 0. The Morgan fingerprint density at radius 3 is 2.24 bits per heavy atom. The van der Waals surface area contributed by atoms with Crippen molar-refractivity contribution in [2.24, 2.45) is 5.73 Å². The van der Waals surface area contributed by atoms with Crippen LogP contribution in [0.15, 0.2) is 46.9 Å². The normalized spacial score (nSPS) is 20.2. The fourth-order valence-corrected chi connectivity index (χ4v) is 2.90. The Labute approximate surface area is 134 Å². The van der Waals surface area contributed by atoms with Crippen molar-refractivity contribution in [2.45, 2.75) is 4.51 Å². The molecule has 0 spiro atoms. The standard InChI is InChI=1S/C14H6BrClN4O/c15-14(9-1-3-10(16)4-2-9)12(8(5-17)6-18)11(7-19)13(20)21-14/h1-4H,20H2. The van der Waals surface area contributed by atoms with E-state index in [1.54, 1.807) is 36.4 Å². The Balaban J connectivity index is 2.74. The molecule has 1 aliphatic rings. The third-order valence-corrected chi connectivity index (χ3v) is 4.14. The largest absolute Gasteiger partial charge is 0.451 e. The number of nitrogens with two attached hydrogens (primary N) is 1. The molecule has 0 aromatic heterocycles. The topological polar surface area (TPSA) is 107 Å². The summed E-state index contributed by atoms with van der Waals surface area (Å²) in [6.45, 7) is 0. The summed E-state index contributed by atoms with van der Waals surface area (Å²) >= 11 is 9.19. The summed E-state index contributed by atoms with van der Waals surface area (Å²) in [6, 6.07) is 11.9. The molecule has 0 fully saturated rings. The van der Waals surface area contributed by atoms with Gasteiger partial charge in [0.15, 0.2) is 0 Å². The third kappa shape index (κ3) is 2.34. The van der Waals surface area contributed by atoms with E-state index in [-0.39, 0.29) is 22.6 Å². The van der Waals surface area contributed by atoms with E-state index in [2.05, 4.69) is 15.9 Å². The number of benzene rings is 1. The first-order valence-electron chi connectivity index (χ1n) is 5.57. The predicted molar refractivity (Wildman–Crippen MR) is 78.2 cm³/mol. The van der Waals surface area contributed by atoms with Crippen LogP contribution in [0.4, 0.5) is 0 Å². The van der Waals surface area contributed by atoms with Gasteiger partial charge in [-0.1, -0.05) is 23.7 Å².